The molecule has 2 aromatic rings. The number of nitrogens with one attached hydrogen (secondary N) is 3. The number of carbonyl (C=O) groups excluding carboxylic acids is 1. The minimum Gasteiger partial charge on any atom is -0.359 e. The summed E-state index contributed by atoms with van der Waals surface area (Å²) in [6.45, 7) is 4.45. The van der Waals surface area contributed by atoms with Crippen LogP contribution in [-0.2, 0) is 11.3 Å². The molecule has 1 aromatic heterocycles. The van der Waals surface area contributed by atoms with Crippen LogP contribution in [0.5, 0.6) is 0 Å². The first kappa shape index (κ1) is 21.9. The molecule has 0 radical (unpaired) electrons. The maximum absolute atomic E-state index is 13.1. The molecule has 26 heavy (non-hydrogen) atoms. The van der Waals surface area contributed by atoms with E-state index in [1.54, 1.807) is 13.1 Å². The van der Waals surface area contributed by atoms with E-state index in [9.17, 15) is 9.18 Å². The molecule has 3 N–H and O–H groups in total. The predicted octanol–water partition coefficient (Wildman–Crippen LogP) is 2.86. The number of aromatic nitrogens is 1. The van der Waals surface area contributed by atoms with Crippen LogP contribution in [0.3, 0.4) is 0 Å². The highest BCUT2D eigenvalue weighted by Gasteiger charge is 2.09. The number of carbonyl (C=O) groups is 1. The van der Waals surface area contributed by atoms with E-state index < -0.39 is 5.82 Å². The Bertz CT molecular complexity index is 748. The van der Waals surface area contributed by atoms with Crippen LogP contribution in [0.25, 0.3) is 0 Å². The van der Waals surface area contributed by atoms with Crippen LogP contribution in [-0.4, -0.2) is 30.6 Å². The van der Waals surface area contributed by atoms with Crippen molar-refractivity contribution in [2.45, 2.75) is 26.3 Å². The van der Waals surface area contributed by atoms with Crippen molar-refractivity contribution < 1.29 is 13.7 Å². The minimum absolute atomic E-state index is 0. The van der Waals surface area contributed by atoms with Gasteiger partial charge in [-0.25, -0.2) is 4.39 Å². The summed E-state index contributed by atoms with van der Waals surface area (Å²) in [7, 11) is 1.60. The van der Waals surface area contributed by atoms with Crippen LogP contribution in [0.1, 0.15) is 31.2 Å². The number of guanidine groups is 1. The van der Waals surface area contributed by atoms with Crippen molar-refractivity contribution in [3.8, 4) is 0 Å². The molecule has 0 fully saturated rings. The van der Waals surface area contributed by atoms with Gasteiger partial charge >= 0.3 is 0 Å². The Balaban J connectivity index is 0.00000338. The molecule has 1 amide bonds. The smallest absolute Gasteiger partial charge is 0.243 e. The summed E-state index contributed by atoms with van der Waals surface area (Å²) < 4.78 is 18.3. The van der Waals surface area contributed by atoms with Crippen LogP contribution >= 0.6 is 24.0 Å². The number of nitrogens with zero attached hydrogens (tertiary/aromatic N) is 2. The summed E-state index contributed by atoms with van der Waals surface area (Å²) in [6, 6.07) is 7.59. The Morgan fingerprint density at radius 3 is 2.69 bits per heavy atom. The van der Waals surface area contributed by atoms with Gasteiger partial charge < -0.3 is 20.5 Å². The second kappa shape index (κ2) is 10.7. The van der Waals surface area contributed by atoms with E-state index in [0.717, 1.165) is 5.69 Å². The average molecular weight is 475 g/mol. The van der Waals surface area contributed by atoms with Gasteiger partial charge in [0.25, 0.3) is 0 Å². The summed E-state index contributed by atoms with van der Waals surface area (Å²) in [5, 5.41) is 12.5. The van der Waals surface area contributed by atoms with Gasteiger partial charge in [0, 0.05) is 18.8 Å². The lowest BCUT2D eigenvalue weighted by Gasteiger charge is -2.11. The van der Waals surface area contributed by atoms with Crippen molar-refractivity contribution in [3.63, 3.8) is 0 Å². The standard InChI is InChI=1S/C17H22FN5O2.HI/c1-11(2)15-8-14(25-23-15)9-20-17(19-3)21-10-16(24)22-13-6-4-5-12(18)7-13;/h4-8,11H,9-10H2,1-3H3,(H,22,24)(H2,19,20,21);1H. The molecular weight excluding hydrogens is 452 g/mol. The lowest BCUT2D eigenvalue weighted by atomic mass is 10.1. The molecule has 0 aliphatic carbocycles. The van der Waals surface area contributed by atoms with Crippen molar-refractivity contribution >= 4 is 41.5 Å². The maximum atomic E-state index is 13.1. The first-order chi connectivity index (χ1) is 12.0. The Labute approximate surface area is 168 Å². The van der Waals surface area contributed by atoms with Gasteiger partial charge in [-0.3, -0.25) is 9.79 Å². The Hall–Kier alpha value is -2.17. The third kappa shape index (κ3) is 6.98. The molecule has 1 heterocycles. The molecular formula is C17H23FIN5O2. The lowest BCUT2D eigenvalue weighted by Crippen LogP contribution is -2.41. The van der Waals surface area contributed by atoms with Crippen LogP contribution in [0.2, 0.25) is 0 Å². The monoisotopic (exact) mass is 475 g/mol. The van der Waals surface area contributed by atoms with Gasteiger partial charge in [0.2, 0.25) is 5.91 Å². The van der Waals surface area contributed by atoms with Crippen LogP contribution in [0, 0.1) is 5.82 Å². The fraction of sp³-hybridized carbons (Fsp3) is 0.353. The topological polar surface area (TPSA) is 91.5 Å². The molecule has 142 valence electrons. The van der Waals surface area contributed by atoms with E-state index in [0.29, 0.717) is 29.9 Å². The van der Waals surface area contributed by atoms with Gasteiger partial charge in [-0.15, -0.1) is 24.0 Å². The molecule has 0 saturated heterocycles. The largest absolute Gasteiger partial charge is 0.359 e. The normalized spacial score (nSPS) is 11.0. The summed E-state index contributed by atoms with van der Waals surface area (Å²) in [4.78, 5) is 15.9. The Kier molecular flexibility index (Phi) is 9.03. The number of rotatable bonds is 6. The first-order valence-electron chi connectivity index (χ1n) is 7.93. The number of aliphatic imine (C=N–C) groups is 1. The highest BCUT2D eigenvalue weighted by molar-refractivity contribution is 14.0. The van der Waals surface area contributed by atoms with E-state index >= 15 is 0 Å². The summed E-state index contributed by atoms with van der Waals surface area (Å²) in [6.07, 6.45) is 0. The molecule has 0 aliphatic rings. The molecule has 0 unspecified atom stereocenters. The van der Waals surface area contributed by atoms with Gasteiger partial charge in [0.05, 0.1) is 18.8 Å². The number of amides is 1. The highest BCUT2D eigenvalue weighted by atomic mass is 127. The van der Waals surface area contributed by atoms with Crippen molar-refractivity contribution in [3.05, 3.63) is 47.6 Å². The Morgan fingerprint density at radius 2 is 2.08 bits per heavy atom. The zero-order valence-corrected chi connectivity index (χ0v) is 17.2. The maximum Gasteiger partial charge on any atom is 0.243 e. The fourth-order valence-electron chi connectivity index (χ4n) is 2.01. The van der Waals surface area contributed by atoms with Crippen LogP contribution < -0.4 is 16.0 Å². The summed E-state index contributed by atoms with van der Waals surface area (Å²) >= 11 is 0. The molecule has 0 aliphatic heterocycles. The lowest BCUT2D eigenvalue weighted by molar-refractivity contribution is -0.115. The van der Waals surface area contributed by atoms with Crippen molar-refractivity contribution in [2.24, 2.45) is 4.99 Å². The quantitative estimate of drug-likeness (QED) is 0.340. The van der Waals surface area contributed by atoms with Gasteiger partial charge in [-0.05, 0) is 24.1 Å². The second-order valence-electron chi connectivity index (χ2n) is 5.71. The number of halogens is 2. The fourth-order valence-corrected chi connectivity index (χ4v) is 2.01. The first-order valence-corrected chi connectivity index (χ1v) is 7.93. The summed E-state index contributed by atoms with van der Waals surface area (Å²) in [5.74, 6) is 0.695. The number of anilines is 1. The van der Waals surface area contributed by atoms with Crippen LogP contribution in [0.4, 0.5) is 10.1 Å². The minimum atomic E-state index is -0.406. The number of hydrogen-bond acceptors (Lipinski definition) is 4. The van der Waals surface area contributed by atoms with Crippen LogP contribution in [0.15, 0.2) is 39.8 Å². The van der Waals surface area contributed by atoms with Crippen molar-refractivity contribution in [2.75, 3.05) is 18.9 Å². The second-order valence-corrected chi connectivity index (χ2v) is 5.71. The van der Waals surface area contributed by atoms with Crippen molar-refractivity contribution in [1.29, 1.82) is 0 Å². The highest BCUT2D eigenvalue weighted by Crippen LogP contribution is 2.13. The Morgan fingerprint density at radius 1 is 1.31 bits per heavy atom. The predicted molar refractivity (Wildman–Crippen MR) is 109 cm³/mol. The van der Waals surface area contributed by atoms with E-state index in [1.807, 2.05) is 19.9 Å². The molecule has 2 rings (SSSR count). The van der Waals surface area contributed by atoms with Gasteiger partial charge in [-0.2, -0.15) is 0 Å². The molecule has 0 saturated carbocycles. The molecule has 0 atom stereocenters. The van der Waals surface area contributed by atoms with E-state index in [1.165, 1.54) is 18.2 Å². The molecule has 9 heteroatoms. The molecule has 1 aromatic carbocycles. The number of hydrogen-bond donors (Lipinski definition) is 3. The SMILES string of the molecule is CN=C(NCC(=O)Nc1cccc(F)c1)NCc1cc(C(C)C)no1.I. The molecule has 7 nitrogen and oxygen atoms in total. The van der Waals surface area contributed by atoms with Gasteiger partial charge in [0.15, 0.2) is 11.7 Å². The number of benzene rings is 1. The molecule has 0 spiro atoms. The van der Waals surface area contributed by atoms with E-state index in [2.05, 4.69) is 26.1 Å². The third-order valence-electron chi connectivity index (χ3n) is 3.35. The zero-order chi connectivity index (χ0) is 18.2. The van der Waals surface area contributed by atoms with Gasteiger partial charge in [0.1, 0.15) is 5.82 Å². The summed E-state index contributed by atoms with van der Waals surface area (Å²) in [5.41, 5.74) is 1.28. The van der Waals surface area contributed by atoms with Gasteiger partial charge in [-0.1, -0.05) is 25.1 Å². The zero-order valence-electron chi connectivity index (χ0n) is 14.9. The molecule has 0 bridgehead atoms. The van der Waals surface area contributed by atoms with E-state index in [4.69, 9.17) is 4.52 Å². The van der Waals surface area contributed by atoms with Crippen molar-refractivity contribution in [1.82, 2.24) is 15.8 Å². The average Bonchev–Trinajstić information content (AvgIpc) is 3.04. The van der Waals surface area contributed by atoms with E-state index in [-0.39, 0.29) is 36.4 Å². The third-order valence-corrected chi connectivity index (χ3v) is 3.35.